The molecule has 0 bridgehead atoms. The molecule has 0 amide bonds. The molecule has 0 radical (unpaired) electrons. The Balaban J connectivity index is 1.65. The number of aromatic nitrogens is 1. The van der Waals surface area contributed by atoms with Crippen LogP contribution in [-0.2, 0) is 16.4 Å². The van der Waals surface area contributed by atoms with Crippen molar-refractivity contribution in [3.63, 3.8) is 0 Å². The molecule has 0 unspecified atom stereocenters. The quantitative estimate of drug-likeness (QED) is 0.529. The van der Waals surface area contributed by atoms with Crippen molar-refractivity contribution in [2.75, 3.05) is 6.54 Å². The van der Waals surface area contributed by atoms with Gasteiger partial charge in [-0.05, 0) is 47.7 Å². The molecule has 2 N–H and O–H groups in total. The van der Waals surface area contributed by atoms with Crippen molar-refractivity contribution in [3.05, 3.63) is 70.4 Å². The van der Waals surface area contributed by atoms with Crippen LogP contribution < -0.4 is 4.72 Å². The van der Waals surface area contributed by atoms with Crippen molar-refractivity contribution in [1.29, 1.82) is 0 Å². The van der Waals surface area contributed by atoms with E-state index in [4.69, 9.17) is 0 Å². The lowest BCUT2D eigenvalue weighted by Gasteiger charge is -2.07. The van der Waals surface area contributed by atoms with Gasteiger partial charge in [0.05, 0.1) is 9.82 Å². The van der Waals surface area contributed by atoms with Crippen LogP contribution >= 0.6 is 0 Å². The van der Waals surface area contributed by atoms with Gasteiger partial charge in [-0.25, -0.2) is 13.1 Å². The van der Waals surface area contributed by atoms with E-state index < -0.39 is 14.9 Å². The first-order chi connectivity index (χ1) is 11.5. The van der Waals surface area contributed by atoms with E-state index in [1.807, 2.05) is 30.5 Å². The lowest BCUT2D eigenvalue weighted by molar-refractivity contribution is -0.384. The first-order valence-electron chi connectivity index (χ1n) is 7.26. The summed E-state index contributed by atoms with van der Waals surface area (Å²) < 4.78 is 26.9. The summed E-state index contributed by atoms with van der Waals surface area (Å²) in [6.45, 7) is 0.245. The molecule has 8 heteroatoms. The van der Waals surface area contributed by atoms with E-state index in [2.05, 4.69) is 9.71 Å². The van der Waals surface area contributed by atoms with Crippen LogP contribution in [0.4, 0.5) is 5.69 Å². The van der Waals surface area contributed by atoms with Crippen LogP contribution in [0.5, 0.6) is 0 Å². The molecule has 1 aromatic heterocycles. The fourth-order valence-electron chi connectivity index (χ4n) is 2.42. The number of rotatable bonds is 6. The van der Waals surface area contributed by atoms with E-state index in [0.29, 0.717) is 6.42 Å². The SMILES string of the molecule is O=[N+]([O-])c1ccc(S(=O)(=O)NCCc2ccc3[nH]ccc3c2)cc1. The van der Waals surface area contributed by atoms with Gasteiger partial charge in [-0.1, -0.05) is 6.07 Å². The predicted molar refractivity (Wildman–Crippen MR) is 90.3 cm³/mol. The number of nitro groups is 1. The number of nitro benzene ring substituents is 1. The molecule has 7 nitrogen and oxygen atoms in total. The Morgan fingerprint density at radius 2 is 1.83 bits per heavy atom. The molecule has 124 valence electrons. The minimum atomic E-state index is -3.68. The monoisotopic (exact) mass is 345 g/mol. The van der Waals surface area contributed by atoms with Crippen LogP contribution in [0.25, 0.3) is 10.9 Å². The van der Waals surface area contributed by atoms with Gasteiger partial charge in [0.1, 0.15) is 0 Å². The van der Waals surface area contributed by atoms with Gasteiger partial charge in [-0.3, -0.25) is 10.1 Å². The van der Waals surface area contributed by atoms with Crippen molar-refractivity contribution in [2.45, 2.75) is 11.3 Å². The second kappa shape index (κ2) is 6.42. The molecule has 0 aliphatic carbocycles. The third-order valence-corrected chi connectivity index (χ3v) is 5.16. The highest BCUT2D eigenvalue weighted by atomic mass is 32.2. The highest BCUT2D eigenvalue weighted by molar-refractivity contribution is 7.89. The van der Waals surface area contributed by atoms with Gasteiger partial charge in [0.25, 0.3) is 5.69 Å². The van der Waals surface area contributed by atoms with Gasteiger partial charge < -0.3 is 4.98 Å². The highest BCUT2D eigenvalue weighted by Gasteiger charge is 2.15. The smallest absolute Gasteiger partial charge is 0.269 e. The van der Waals surface area contributed by atoms with Gasteiger partial charge in [-0.15, -0.1) is 0 Å². The molecule has 0 fully saturated rings. The molecule has 0 saturated carbocycles. The normalized spacial score (nSPS) is 11.7. The number of sulfonamides is 1. The predicted octanol–water partition coefficient (Wildman–Crippen LogP) is 2.60. The van der Waals surface area contributed by atoms with Gasteiger partial charge in [0, 0.05) is 30.4 Å². The minimum absolute atomic E-state index is 0.00851. The fourth-order valence-corrected chi connectivity index (χ4v) is 3.45. The second-order valence-electron chi connectivity index (χ2n) is 5.30. The number of non-ortho nitro benzene ring substituents is 1. The molecule has 0 saturated heterocycles. The minimum Gasteiger partial charge on any atom is -0.361 e. The number of hydrogen-bond acceptors (Lipinski definition) is 4. The molecule has 3 aromatic rings. The summed E-state index contributed by atoms with van der Waals surface area (Å²) in [6.07, 6.45) is 2.40. The van der Waals surface area contributed by atoms with E-state index >= 15 is 0 Å². The maximum Gasteiger partial charge on any atom is 0.269 e. The topological polar surface area (TPSA) is 105 Å². The fraction of sp³-hybridized carbons (Fsp3) is 0.125. The average molecular weight is 345 g/mol. The summed E-state index contributed by atoms with van der Waals surface area (Å²) in [4.78, 5) is 13.1. The summed E-state index contributed by atoms with van der Waals surface area (Å²) in [5, 5.41) is 11.7. The first-order valence-corrected chi connectivity index (χ1v) is 8.74. The van der Waals surface area contributed by atoms with E-state index in [0.717, 1.165) is 16.5 Å². The lowest BCUT2D eigenvalue weighted by Crippen LogP contribution is -2.25. The maximum absolute atomic E-state index is 12.2. The Morgan fingerprint density at radius 3 is 2.54 bits per heavy atom. The number of H-pyrrole nitrogens is 1. The van der Waals surface area contributed by atoms with E-state index in [1.165, 1.54) is 24.3 Å². The van der Waals surface area contributed by atoms with E-state index in [-0.39, 0.29) is 17.1 Å². The Bertz CT molecular complexity index is 978. The molecule has 0 aliphatic rings. The summed E-state index contributed by atoms with van der Waals surface area (Å²) in [7, 11) is -3.68. The zero-order valence-corrected chi connectivity index (χ0v) is 13.4. The highest BCUT2D eigenvalue weighted by Crippen LogP contribution is 2.16. The van der Waals surface area contributed by atoms with Gasteiger partial charge in [0.2, 0.25) is 10.0 Å². The summed E-state index contributed by atoms with van der Waals surface area (Å²) in [5.41, 5.74) is 1.91. The summed E-state index contributed by atoms with van der Waals surface area (Å²) in [5.74, 6) is 0. The lowest BCUT2D eigenvalue weighted by atomic mass is 10.1. The average Bonchev–Trinajstić information content (AvgIpc) is 3.02. The molecule has 0 atom stereocenters. The van der Waals surface area contributed by atoms with Crippen LogP contribution in [0.3, 0.4) is 0 Å². The van der Waals surface area contributed by atoms with E-state index in [1.54, 1.807) is 0 Å². The molecule has 1 heterocycles. The second-order valence-corrected chi connectivity index (χ2v) is 7.07. The molecule has 0 aliphatic heterocycles. The molecule has 0 spiro atoms. The largest absolute Gasteiger partial charge is 0.361 e. The number of fused-ring (bicyclic) bond motifs is 1. The molecule has 24 heavy (non-hydrogen) atoms. The maximum atomic E-state index is 12.2. The standard InChI is InChI=1S/C16H15N3O4S/c20-19(21)14-2-4-15(5-3-14)24(22,23)18-10-7-12-1-6-16-13(11-12)8-9-17-16/h1-6,8-9,11,17-18H,7,10H2. The summed E-state index contributed by atoms with van der Waals surface area (Å²) >= 11 is 0. The van der Waals surface area contributed by atoms with Crippen molar-refractivity contribution < 1.29 is 13.3 Å². The Kier molecular flexibility index (Phi) is 4.32. The zero-order valence-electron chi connectivity index (χ0n) is 12.6. The van der Waals surface area contributed by atoms with Crippen LogP contribution in [-0.4, -0.2) is 24.9 Å². The van der Waals surface area contributed by atoms with Gasteiger partial charge in [0.15, 0.2) is 0 Å². The number of nitrogens with zero attached hydrogens (tertiary/aromatic N) is 1. The Morgan fingerprint density at radius 1 is 1.08 bits per heavy atom. The first kappa shape index (κ1) is 16.2. The number of aromatic amines is 1. The molecule has 3 rings (SSSR count). The number of nitrogens with one attached hydrogen (secondary N) is 2. The van der Waals surface area contributed by atoms with Gasteiger partial charge in [-0.2, -0.15) is 0 Å². The third kappa shape index (κ3) is 3.44. The van der Waals surface area contributed by atoms with Crippen LogP contribution in [0.15, 0.2) is 59.6 Å². The molecular formula is C16H15N3O4S. The van der Waals surface area contributed by atoms with E-state index in [9.17, 15) is 18.5 Å². The number of hydrogen-bond donors (Lipinski definition) is 2. The zero-order chi connectivity index (χ0) is 17.2. The van der Waals surface area contributed by atoms with Crippen LogP contribution in [0.1, 0.15) is 5.56 Å². The van der Waals surface area contributed by atoms with Crippen molar-refractivity contribution in [2.24, 2.45) is 0 Å². The van der Waals surface area contributed by atoms with Crippen LogP contribution in [0.2, 0.25) is 0 Å². The van der Waals surface area contributed by atoms with Crippen molar-refractivity contribution in [1.82, 2.24) is 9.71 Å². The molecular weight excluding hydrogens is 330 g/mol. The van der Waals surface area contributed by atoms with Crippen LogP contribution in [0, 0.1) is 10.1 Å². The third-order valence-electron chi connectivity index (χ3n) is 3.68. The Hall–Kier alpha value is -2.71. The molecule has 2 aromatic carbocycles. The van der Waals surface area contributed by atoms with Gasteiger partial charge >= 0.3 is 0 Å². The Labute approximate surface area is 138 Å². The van der Waals surface area contributed by atoms with Crippen molar-refractivity contribution >= 4 is 26.6 Å². The summed E-state index contributed by atoms with van der Waals surface area (Å²) in [6, 6.07) is 12.7. The van der Waals surface area contributed by atoms with Crippen molar-refractivity contribution in [3.8, 4) is 0 Å². The number of benzene rings is 2.